The van der Waals surface area contributed by atoms with Crippen LogP contribution in [-0.4, -0.2) is 86.3 Å². The van der Waals surface area contributed by atoms with Gasteiger partial charge in [0.2, 0.25) is 21.8 Å². The Morgan fingerprint density at radius 1 is 1.15 bits per heavy atom. The summed E-state index contributed by atoms with van der Waals surface area (Å²) in [5, 5.41) is 2.15. The fourth-order valence-electron chi connectivity index (χ4n) is 4.83. The molecule has 2 aliphatic heterocycles. The number of rotatable bonds is 6. The highest BCUT2D eigenvalue weighted by atomic mass is 35.5. The summed E-state index contributed by atoms with van der Waals surface area (Å²) < 4.78 is 33.2. The fraction of sp³-hybridized carbons (Fsp3) is 0.500. The van der Waals surface area contributed by atoms with Crippen LogP contribution in [0, 0.1) is 0 Å². The molecule has 2 amide bonds. The number of carbonyl (C=O) groups is 2. The van der Waals surface area contributed by atoms with Gasteiger partial charge in [0.25, 0.3) is 0 Å². The molecule has 0 radical (unpaired) electrons. The number of ether oxygens (including phenoxy) is 1. The van der Waals surface area contributed by atoms with E-state index >= 15 is 0 Å². The molecule has 2 fully saturated rings. The molecule has 10 heteroatoms. The number of halogens is 1. The highest BCUT2D eigenvalue weighted by molar-refractivity contribution is 7.89. The summed E-state index contributed by atoms with van der Waals surface area (Å²) in [6.07, 6.45) is 2.09. The Kier molecular flexibility index (Phi) is 7.19. The van der Waals surface area contributed by atoms with Crippen molar-refractivity contribution in [1.29, 1.82) is 0 Å². The number of likely N-dealkylation sites (tertiary alicyclic amines) is 2. The molecule has 8 nitrogen and oxygen atoms in total. The van der Waals surface area contributed by atoms with Gasteiger partial charge in [-0.15, -0.1) is 0 Å². The quantitative estimate of drug-likeness (QED) is 0.600. The van der Waals surface area contributed by atoms with Gasteiger partial charge in [-0.05, 0) is 61.2 Å². The highest BCUT2D eigenvalue weighted by Gasteiger charge is 2.43. The van der Waals surface area contributed by atoms with E-state index in [1.165, 1.54) is 18.0 Å². The number of methoxy groups -OCH3 is 1. The summed E-state index contributed by atoms with van der Waals surface area (Å²) in [4.78, 5) is 29.7. The number of hydrogen-bond donors (Lipinski definition) is 0. The van der Waals surface area contributed by atoms with E-state index in [2.05, 4.69) is 0 Å². The van der Waals surface area contributed by atoms with E-state index in [-0.39, 0.29) is 22.8 Å². The first-order chi connectivity index (χ1) is 16.1. The molecular formula is C24H30ClN3O5S. The zero-order valence-electron chi connectivity index (χ0n) is 19.6. The second-order valence-corrected chi connectivity index (χ2v) is 11.4. The third-order valence-corrected chi connectivity index (χ3v) is 9.05. The van der Waals surface area contributed by atoms with Gasteiger partial charge in [-0.3, -0.25) is 9.59 Å². The summed E-state index contributed by atoms with van der Waals surface area (Å²) in [7, 11) is -0.856. The van der Waals surface area contributed by atoms with E-state index in [1.54, 1.807) is 49.3 Å². The first-order valence-electron chi connectivity index (χ1n) is 11.4. The predicted molar refractivity (Wildman–Crippen MR) is 130 cm³/mol. The van der Waals surface area contributed by atoms with E-state index in [4.69, 9.17) is 16.3 Å². The standard InChI is InChI=1S/C24H30ClN3O5S/c1-16(23(29)27-11-4-5-20(15-27)33-3)28-12-10-22(24(28)30)26(2)34(31,32)21-9-7-17-13-19(25)8-6-18(17)14-21/h6-9,13-14,16,20,22H,4-5,10-12,15H2,1-3H3/t16-,20?,22+/m1/s1. The van der Waals surface area contributed by atoms with Crippen LogP contribution in [0.2, 0.25) is 5.02 Å². The average molecular weight is 508 g/mol. The lowest BCUT2D eigenvalue weighted by Crippen LogP contribution is -2.53. The maximum absolute atomic E-state index is 13.3. The van der Waals surface area contributed by atoms with Crippen LogP contribution in [0.5, 0.6) is 0 Å². The Morgan fingerprint density at radius 3 is 2.59 bits per heavy atom. The number of amides is 2. The van der Waals surface area contributed by atoms with Crippen LogP contribution >= 0.6 is 11.6 Å². The molecule has 2 saturated heterocycles. The van der Waals surface area contributed by atoms with E-state index in [0.29, 0.717) is 31.1 Å². The molecule has 1 unspecified atom stereocenters. The minimum Gasteiger partial charge on any atom is -0.380 e. The number of carbonyl (C=O) groups excluding carboxylic acids is 2. The Hall–Kier alpha value is -2.20. The Bertz CT molecular complexity index is 1200. The van der Waals surface area contributed by atoms with E-state index in [1.807, 2.05) is 0 Å². The topological polar surface area (TPSA) is 87.2 Å². The monoisotopic (exact) mass is 507 g/mol. The average Bonchev–Trinajstić information content (AvgIpc) is 3.23. The van der Waals surface area contributed by atoms with Crippen LogP contribution in [0.3, 0.4) is 0 Å². The maximum atomic E-state index is 13.3. The van der Waals surface area contributed by atoms with Gasteiger partial charge in [-0.2, -0.15) is 4.31 Å². The fourth-order valence-corrected chi connectivity index (χ4v) is 6.39. The number of benzene rings is 2. The molecule has 0 bridgehead atoms. The van der Waals surface area contributed by atoms with Gasteiger partial charge in [0, 0.05) is 38.8 Å². The Balaban J connectivity index is 1.49. The second-order valence-electron chi connectivity index (χ2n) is 8.97. The smallest absolute Gasteiger partial charge is 0.245 e. The Morgan fingerprint density at radius 2 is 1.85 bits per heavy atom. The zero-order valence-corrected chi connectivity index (χ0v) is 21.2. The third kappa shape index (κ3) is 4.66. The van der Waals surface area contributed by atoms with Crippen LogP contribution in [0.4, 0.5) is 0 Å². The van der Waals surface area contributed by atoms with Gasteiger partial charge in [-0.1, -0.05) is 23.7 Å². The van der Waals surface area contributed by atoms with Crippen molar-refractivity contribution in [3.8, 4) is 0 Å². The molecule has 2 aromatic rings. The number of sulfonamides is 1. The van der Waals surface area contributed by atoms with Crippen molar-refractivity contribution < 1.29 is 22.7 Å². The van der Waals surface area contributed by atoms with E-state index < -0.39 is 22.1 Å². The van der Waals surface area contributed by atoms with Gasteiger partial charge in [0.15, 0.2) is 0 Å². The van der Waals surface area contributed by atoms with Crippen LogP contribution < -0.4 is 0 Å². The van der Waals surface area contributed by atoms with Crippen molar-refractivity contribution >= 4 is 44.2 Å². The largest absolute Gasteiger partial charge is 0.380 e. The molecule has 2 aromatic carbocycles. The first kappa shape index (κ1) is 24.9. The van der Waals surface area contributed by atoms with Crippen molar-refractivity contribution in [3.05, 3.63) is 41.4 Å². The zero-order chi connectivity index (χ0) is 24.6. The molecule has 2 aliphatic rings. The lowest BCUT2D eigenvalue weighted by atomic mass is 10.1. The minimum absolute atomic E-state index is 0.00110. The van der Waals surface area contributed by atoms with Crippen LogP contribution in [0.15, 0.2) is 41.3 Å². The number of likely N-dealkylation sites (N-methyl/N-ethyl adjacent to an activating group) is 1. The van der Waals surface area contributed by atoms with Crippen molar-refractivity contribution in [2.45, 2.75) is 49.3 Å². The predicted octanol–water partition coefficient (Wildman–Crippen LogP) is 2.74. The molecule has 3 atom stereocenters. The molecule has 0 N–H and O–H groups in total. The van der Waals surface area contributed by atoms with Crippen molar-refractivity contribution in [2.24, 2.45) is 0 Å². The van der Waals surface area contributed by atoms with Crippen LogP contribution in [0.25, 0.3) is 10.8 Å². The third-order valence-electron chi connectivity index (χ3n) is 6.95. The second kappa shape index (κ2) is 9.81. The van der Waals surface area contributed by atoms with Gasteiger partial charge in [0.1, 0.15) is 12.1 Å². The van der Waals surface area contributed by atoms with Crippen molar-refractivity contribution in [2.75, 3.05) is 33.8 Å². The molecule has 34 heavy (non-hydrogen) atoms. The van der Waals surface area contributed by atoms with Crippen molar-refractivity contribution in [1.82, 2.24) is 14.1 Å². The molecule has 0 saturated carbocycles. The van der Waals surface area contributed by atoms with E-state index in [0.717, 1.165) is 27.9 Å². The Labute approximate surface area is 205 Å². The highest BCUT2D eigenvalue weighted by Crippen LogP contribution is 2.28. The molecule has 2 heterocycles. The maximum Gasteiger partial charge on any atom is 0.245 e. The normalized spacial score (nSPS) is 22.6. The molecule has 0 spiro atoms. The van der Waals surface area contributed by atoms with Gasteiger partial charge >= 0.3 is 0 Å². The summed E-state index contributed by atoms with van der Waals surface area (Å²) in [5.41, 5.74) is 0. The summed E-state index contributed by atoms with van der Waals surface area (Å²) in [6.45, 7) is 3.18. The van der Waals surface area contributed by atoms with Gasteiger partial charge < -0.3 is 14.5 Å². The van der Waals surface area contributed by atoms with Crippen LogP contribution in [0.1, 0.15) is 26.2 Å². The lowest BCUT2D eigenvalue weighted by molar-refractivity contribution is -0.146. The number of hydrogen-bond acceptors (Lipinski definition) is 5. The number of nitrogens with zero attached hydrogens (tertiary/aromatic N) is 3. The van der Waals surface area contributed by atoms with Crippen LogP contribution in [-0.2, 0) is 24.3 Å². The minimum atomic E-state index is -3.92. The molecule has 4 rings (SSSR count). The van der Waals surface area contributed by atoms with Gasteiger partial charge in [-0.25, -0.2) is 8.42 Å². The summed E-state index contributed by atoms with van der Waals surface area (Å²) in [6, 6.07) is 8.55. The van der Waals surface area contributed by atoms with Gasteiger partial charge in [0.05, 0.1) is 11.0 Å². The molecule has 184 valence electrons. The summed E-state index contributed by atoms with van der Waals surface area (Å²) >= 11 is 6.02. The number of piperidine rings is 1. The van der Waals surface area contributed by atoms with Crippen molar-refractivity contribution in [3.63, 3.8) is 0 Å². The number of fused-ring (bicyclic) bond motifs is 1. The summed E-state index contributed by atoms with van der Waals surface area (Å²) in [5.74, 6) is -0.478. The SMILES string of the molecule is COC1CCCN(C(=O)[C@@H](C)N2CC[C@H](N(C)S(=O)(=O)c3ccc4cc(Cl)ccc4c3)C2=O)C1. The molecule has 0 aromatic heterocycles. The molecular weight excluding hydrogens is 478 g/mol. The first-order valence-corrected chi connectivity index (χ1v) is 13.2. The molecule has 0 aliphatic carbocycles. The lowest BCUT2D eigenvalue weighted by Gasteiger charge is -2.36. The van der Waals surface area contributed by atoms with E-state index in [9.17, 15) is 18.0 Å².